The first kappa shape index (κ1) is 16.7. The van der Waals surface area contributed by atoms with Gasteiger partial charge in [0.1, 0.15) is 6.26 Å². The summed E-state index contributed by atoms with van der Waals surface area (Å²) in [4.78, 5) is 31.6. The van der Waals surface area contributed by atoms with Crippen LogP contribution in [0, 0.1) is 0 Å². The van der Waals surface area contributed by atoms with E-state index in [1.54, 1.807) is 6.07 Å². The quantitative estimate of drug-likeness (QED) is 0.861. The summed E-state index contributed by atoms with van der Waals surface area (Å²) in [5.41, 5.74) is 1.47. The number of amides is 2. The van der Waals surface area contributed by atoms with Crippen molar-refractivity contribution in [3.05, 3.63) is 34.7 Å². The summed E-state index contributed by atoms with van der Waals surface area (Å²) in [5.74, 6) is -0.200. The number of nitrogens with one attached hydrogen (secondary N) is 2. The topological polar surface area (TPSA) is 87.5 Å². The molecule has 2 aromatic heterocycles. The van der Waals surface area contributed by atoms with Gasteiger partial charge in [-0.05, 0) is 19.9 Å². The highest BCUT2D eigenvalue weighted by atomic mass is 32.1. The van der Waals surface area contributed by atoms with E-state index in [1.807, 2.05) is 13.8 Å². The molecular weight excluding hydrogens is 328 g/mol. The minimum Gasteiger partial charge on any atom is -0.472 e. The predicted molar refractivity (Wildman–Crippen MR) is 91.0 cm³/mol. The van der Waals surface area contributed by atoms with Crippen molar-refractivity contribution in [1.82, 2.24) is 15.2 Å². The van der Waals surface area contributed by atoms with Gasteiger partial charge >= 0.3 is 0 Å². The standard InChI is InChI=1S/C16H20N4O3S/c1-10(2)17-14(21)8-20-5-3-12-13(7-20)24-16(18-12)19-15(22)11-4-6-23-9-11/h4,6,9-10H,3,5,7-8H2,1-2H3,(H,17,21)(H,18,19,22). The number of carbonyl (C=O) groups is 2. The number of carbonyl (C=O) groups excluding carboxylic acids is 2. The molecule has 8 heteroatoms. The zero-order chi connectivity index (χ0) is 17.1. The van der Waals surface area contributed by atoms with Gasteiger partial charge in [-0.2, -0.15) is 0 Å². The van der Waals surface area contributed by atoms with Gasteiger partial charge in [0.2, 0.25) is 5.91 Å². The normalized spacial score (nSPS) is 14.5. The third-order valence-corrected chi connectivity index (χ3v) is 4.63. The Kier molecular flexibility index (Phi) is 4.96. The molecule has 3 rings (SSSR count). The molecule has 0 radical (unpaired) electrons. The van der Waals surface area contributed by atoms with Gasteiger partial charge in [0.05, 0.1) is 24.1 Å². The van der Waals surface area contributed by atoms with Crippen molar-refractivity contribution >= 4 is 28.3 Å². The Labute approximate surface area is 144 Å². The second kappa shape index (κ2) is 7.14. The molecule has 1 aliphatic heterocycles. The summed E-state index contributed by atoms with van der Waals surface area (Å²) in [5, 5.41) is 6.28. The van der Waals surface area contributed by atoms with Crippen LogP contribution in [-0.2, 0) is 17.8 Å². The summed E-state index contributed by atoms with van der Waals surface area (Å²) in [6.07, 6.45) is 3.64. The lowest BCUT2D eigenvalue weighted by Gasteiger charge is -2.25. The van der Waals surface area contributed by atoms with Crippen LogP contribution in [0.5, 0.6) is 0 Å². The zero-order valence-electron chi connectivity index (χ0n) is 13.7. The van der Waals surface area contributed by atoms with Crippen LogP contribution in [-0.4, -0.2) is 40.8 Å². The number of hydrogen-bond donors (Lipinski definition) is 2. The third-order valence-electron chi connectivity index (χ3n) is 3.63. The predicted octanol–water partition coefficient (Wildman–Crippen LogP) is 1.87. The van der Waals surface area contributed by atoms with Crippen molar-refractivity contribution in [3.8, 4) is 0 Å². The number of hydrogen-bond acceptors (Lipinski definition) is 6. The van der Waals surface area contributed by atoms with Crippen molar-refractivity contribution in [2.75, 3.05) is 18.4 Å². The van der Waals surface area contributed by atoms with Crippen LogP contribution in [0.15, 0.2) is 23.0 Å². The van der Waals surface area contributed by atoms with Gasteiger partial charge in [-0.15, -0.1) is 11.3 Å². The van der Waals surface area contributed by atoms with Gasteiger partial charge < -0.3 is 9.73 Å². The maximum absolute atomic E-state index is 12.0. The molecule has 0 bridgehead atoms. The van der Waals surface area contributed by atoms with E-state index in [0.29, 0.717) is 23.8 Å². The number of anilines is 1. The number of thiazole rings is 1. The van der Waals surface area contributed by atoms with Gasteiger partial charge in [-0.1, -0.05) is 0 Å². The minimum absolute atomic E-state index is 0.0337. The highest BCUT2D eigenvalue weighted by Crippen LogP contribution is 2.28. The number of rotatable bonds is 5. The van der Waals surface area contributed by atoms with E-state index in [1.165, 1.54) is 23.9 Å². The fourth-order valence-electron chi connectivity index (χ4n) is 2.57. The Hall–Kier alpha value is -2.19. The fraction of sp³-hybridized carbons (Fsp3) is 0.438. The Morgan fingerprint density at radius 2 is 2.29 bits per heavy atom. The van der Waals surface area contributed by atoms with E-state index in [0.717, 1.165) is 23.5 Å². The molecule has 0 saturated carbocycles. The molecule has 7 nitrogen and oxygen atoms in total. The number of fused-ring (bicyclic) bond motifs is 1. The fourth-order valence-corrected chi connectivity index (χ4v) is 3.62. The van der Waals surface area contributed by atoms with Gasteiger partial charge in [0.25, 0.3) is 5.91 Å². The molecule has 24 heavy (non-hydrogen) atoms. The first-order valence-electron chi connectivity index (χ1n) is 7.85. The van der Waals surface area contributed by atoms with Crippen molar-refractivity contribution in [2.24, 2.45) is 0 Å². The number of nitrogens with zero attached hydrogens (tertiary/aromatic N) is 2. The molecule has 0 unspecified atom stereocenters. The molecule has 0 aliphatic carbocycles. The summed E-state index contributed by atoms with van der Waals surface area (Å²) < 4.78 is 4.91. The Bertz CT molecular complexity index is 724. The molecule has 0 atom stereocenters. The lowest BCUT2D eigenvalue weighted by Crippen LogP contribution is -2.41. The molecule has 2 aromatic rings. The van der Waals surface area contributed by atoms with Crippen LogP contribution < -0.4 is 10.6 Å². The average Bonchev–Trinajstić information content (AvgIpc) is 3.14. The highest BCUT2D eigenvalue weighted by molar-refractivity contribution is 7.15. The van der Waals surface area contributed by atoms with E-state index < -0.39 is 0 Å². The molecule has 0 aromatic carbocycles. The maximum atomic E-state index is 12.0. The number of furan rings is 1. The van der Waals surface area contributed by atoms with Crippen LogP contribution in [0.4, 0.5) is 5.13 Å². The first-order valence-corrected chi connectivity index (χ1v) is 8.67. The second-order valence-electron chi connectivity index (χ2n) is 6.04. The maximum Gasteiger partial charge on any atom is 0.260 e. The molecule has 2 amide bonds. The van der Waals surface area contributed by atoms with Gasteiger partial charge in [0, 0.05) is 30.4 Å². The minimum atomic E-state index is -0.233. The lowest BCUT2D eigenvalue weighted by molar-refractivity contribution is -0.122. The van der Waals surface area contributed by atoms with Crippen LogP contribution in [0.25, 0.3) is 0 Å². The van der Waals surface area contributed by atoms with Crippen LogP contribution in [0.2, 0.25) is 0 Å². The molecule has 3 heterocycles. The molecule has 2 N–H and O–H groups in total. The van der Waals surface area contributed by atoms with Crippen LogP contribution in [0.3, 0.4) is 0 Å². The van der Waals surface area contributed by atoms with Gasteiger partial charge in [-0.3, -0.25) is 19.8 Å². The Morgan fingerprint density at radius 3 is 3.00 bits per heavy atom. The van der Waals surface area contributed by atoms with Crippen LogP contribution >= 0.6 is 11.3 Å². The summed E-state index contributed by atoms with van der Waals surface area (Å²) in [6.45, 7) is 5.75. The lowest BCUT2D eigenvalue weighted by atomic mass is 10.2. The SMILES string of the molecule is CC(C)NC(=O)CN1CCc2nc(NC(=O)c3ccoc3)sc2C1. The summed E-state index contributed by atoms with van der Waals surface area (Å²) >= 11 is 1.46. The van der Waals surface area contributed by atoms with Gasteiger partial charge in [0.15, 0.2) is 5.13 Å². The van der Waals surface area contributed by atoms with E-state index in [-0.39, 0.29) is 17.9 Å². The smallest absolute Gasteiger partial charge is 0.260 e. The number of aromatic nitrogens is 1. The van der Waals surface area contributed by atoms with E-state index in [9.17, 15) is 9.59 Å². The van der Waals surface area contributed by atoms with Crippen LogP contribution in [0.1, 0.15) is 34.8 Å². The van der Waals surface area contributed by atoms with Gasteiger partial charge in [-0.25, -0.2) is 4.98 Å². The monoisotopic (exact) mass is 348 g/mol. The molecule has 0 fully saturated rings. The Balaban J connectivity index is 1.60. The first-order chi connectivity index (χ1) is 11.5. The zero-order valence-corrected chi connectivity index (χ0v) is 14.5. The van der Waals surface area contributed by atoms with Crippen molar-refractivity contribution in [3.63, 3.8) is 0 Å². The molecule has 1 aliphatic rings. The van der Waals surface area contributed by atoms with Crippen molar-refractivity contribution in [1.29, 1.82) is 0 Å². The largest absolute Gasteiger partial charge is 0.472 e. The molecule has 0 spiro atoms. The Morgan fingerprint density at radius 1 is 1.46 bits per heavy atom. The third kappa shape index (κ3) is 4.01. The molecule has 128 valence electrons. The van der Waals surface area contributed by atoms with Crippen molar-refractivity contribution in [2.45, 2.75) is 32.9 Å². The van der Waals surface area contributed by atoms with E-state index in [4.69, 9.17) is 4.42 Å². The second-order valence-corrected chi connectivity index (χ2v) is 7.12. The summed E-state index contributed by atoms with van der Waals surface area (Å²) in [6, 6.07) is 1.75. The van der Waals surface area contributed by atoms with E-state index in [2.05, 4.69) is 20.5 Å². The average molecular weight is 348 g/mol. The van der Waals surface area contributed by atoms with E-state index >= 15 is 0 Å². The summed E-state index contributed by atoms with van der Waals surface area (Å²) in [7, 11) is 0. The molecule has 0 saturated heterocycles. The van der Waals surface area contributed by atoms with Crippen molar-refractivity contribution < 1.29 is 14.0 Å². The molecular formula is C16H20N4O3S. The highest BCUT2D eigenvalue weighted by Gasteiger charge is 2.23.